The van der Waals surface area contributed by atoms with E-state index in [1.807, 2.05) is 27.9 Å². The Hall–Kier alpha value is -1.24. The van der Waals surface area contributed by atoms with Crippen LogP contribution < -0.4 is 10.9 Å². The minimum Gasteiger partial charge on any atom is -0.314 e. The number of likely N-dealkylation sites (N-methyl/N-ethyl adjacent to an activating group) is 1. The normalized spacial score (nSPS) is 11.7. The molecule has 2 aromatic heterocycles. The summed E-state index contributed by atoms with van der Waals surface area (Å²) in [5.74, 6) is 0. The summed E-state index contributed by atoms with van der Waals surface area (Å²) in [4.78, 5) is 21.0. The zero-order valence-electron chi connectivity index (χ0n) is 12.6. The maximum Gasteiger partial charge on any atom is 0.262 e. The maximum atomic E-state index is 12.4. The molecule has 110 valence electrons. The molecule has 20 heavy (non-hydrogen) atoms. The van der Waals surface area contributed by atoms with Crippen LogP contribution >= 0.6 is 11.3 Å². The van der Waals surface area contributed by atoms with Crippen LogP contribution in [0.4, 0.5) is 0 Å². The highest BCUT2D eigenvalue weighted by Crippen LogP contribution is 2.25. The summed E-state index contributed by atoms with van der Waals surface area (Å²) in [6.45, 7) is 7.39. The number of hydrogen-bond acceptors (Lipinski definition) is 5. The van der Waals surface area contributed by atoms with Gasteiger partial charge in [0.2, 0.25) is 0 Å². The van der Waals surface area contributed by atoms with E-state index in [4.69, 9.17) is 0 Å². The highest BCUT2D eigenvalue weighted by molar-refractivity contribution is 7.18. The van der Waals surface area contributed by atoms with E-state index in [2.05, 4.69) is 15.2 Å². The van der Waals surface area contributed by atoms with Gasteiger partial charge in [-0.1, -0.05) is 0 Å². The average Bonchev–Trinajstić information content (AvgIpc) is 2.68. The second-order valence-electron chi connectivity index (χ2n) is 5.26. The molecule has 0 bridgehead atoms. The number of nitrogens with one attached hydrogen (secondary N) is 1. The molecule has 0 unspecified atom stereocenters. The lowest BCUT2D eigenvalue weighted by atomic mass is 10.2. The van der Waals surface area contributed by atoms with E-state index >= 15 is 0 Å². The van der Waals surface area contributed by atoms with Crippen LogP contribution in [-0.2, 0) is 6.54 Å². The monoisotopic (exact) mass is 294 g/mol. The molecule has 0 spiro atoms. The van der Waals surface area contributed by atoms with Gasteiger partial charge in [0.1, 0.15) is 4.83 Å². The third-order valence-electron chi connectivity index (χ3n) is 3.42. The third kappa shape index (κ3) is 3.26. The second kappa shape index (κ2) is 6.47. The van der Waals surface area contributed by atoms with E-state index in [9.17, 15) is 4.79 Å². The van der Waals surface area contributed by atoms with Crippen molar-refractivity contribution < 1.29 is 0 Å². The summed E-state index contributed by atoms with van der Waals surface area (Å²) in [5.41, 5.74) is 1.14. The fourth-order valence-electron chi connectivity index (χ4n) is 2.06. The topological polar surface area (TPSA) is 50.2 Å². The minimum atomic E-state index is 0.0752. The molecule has 0 amide bonds. The van der Waals surface area contributed by atoms with E-state index in [0.29, 0.717) is 6.54 Å². The van der Waals surface area contributed by atoms with Gasteiger partial charge in [-0.3, -0.25) is 9.36 Å². The fraction of sp³-hybridized carbons (Fsp3) is 0.571. The third-order valence-corrected chi connectivity index (χ3v) is 4.54. The Kier molecular flexibility index (Phi) is 4.91. The van der Waals surface area contributed by atoms with Crippen molar-refractivity contribution in [3.05, 3.63) is 27.1 Å². The van der Waals surface area contributed by atoms with Crippen molar-refractivity contribution in [3.63, 3.8) is 0 Å². The van der Waals surface area contributed by atoms with Gasteiger partial charge >= 0.3 is 0 Å². The van der Waals surface area contributed by atoms with Gasteiger partial charge < -0.3 is 10.2 Å². The molecule has 6 heteroatoms. The molecule has 0 aliphatic heterocycles. The number of aromatic nitrogens is 2. The van der Waals surface area contributed by atoms with Crippen molar-refractivity contribution in [3.8, 4) is 0 Å². The number of hydrogen-bond donors (Lipinski definition) is 1. The molecule has 2 rings (SSSR count). The van der Waals surface area contributed by atoms with Crippen molar-refractivity contribution in [1.29, 1.82) is 0 Å². The standard InChI is InChI=1S/C14H22N4OS/c1-10-11(2)20-13-12(10)14(19)18(9-16-13)8-6-15-5-7-17(3)4/h9,15H,5-8H2,1-4H3. The zero-order chi connectivity index (χ0) is 14.7. The van der Waals surface area contributed by atoms with Crippen LogP contribution in [0.15, 0.2) is 11.1 Å². The maximum absolute atomic E-state index is 12.4. The first-order chi connectivity index (χ1) is 9.50. The lowest BCUT2D eigenvalue weighted by Crippen LogP contribution is -2.31. The first kappa shape index (κ1) is 15.2. The molecular formula is C14H22N4OS. The van der Waals surface area contributed by atoms with E-state index in [1.54, 1.807) is 22.2 Å². The second-order valence-corrected chi connectivity index (χ2v) is 6.46. The molecule has 1 N–H and O–H groups in total. The fourth-order valence-corrected chi connectivity index (χ4v) is 3.04. The van der Waals surface area contributed by atoms with Gasteiger partial charge in [-0.05, 0) is 33.5 Å². The number of nitrogens with zero attached hydrogens (tertiary/aromatic N) is 3. The van der Waals surface area contributed by atoms with Gasteiger partial charge in [0, 0.05) is 31.1 Å². The van der Waals surface area contributed by atoms with Crippen LogP contribution in [0, 0.1) is 13.8 Å². The van der Waals surface area contributed by atoms with E-state index in [1.165, 1.54) is 4.88 Å². The lowest BCUT2D eigenvalue weighted by Gasteiger charge is -2.11. The molecule has 0 fully saturated rings. The molecule has 0 aliphatic rings. The summed E-state index contributed by atoms with van der Waals surface area (Å²) in [7, 11) is 4.09. The Balaban J connectivity index is 2.06. The van der Waals surface area contributed by atoms with E-state index < -0.39 is 0 Å². The molecule has 0 aliphatic carbocycles. The van der Waals surface area contributed by atoms with Gasteiger partial charge in [0.15, 0.2) is 0 Å². The van der Waals surface area contributed by atoms with Crippen LogP contribution in [-0.4, -0.2) is 48.2 Å². The average molecular weight is 294 g/mol. The van der Waals surface area contributed by atoms with Gasteiger partial charge in [0.25, 0.3) is 5.56 Å². The summed E-state index contributed by atoms with van der Waals surface area (Å²) < 4.78 is 1.70. The smallest absolute Gasteiger partial charge is 0.262 e. The Morgan fingerprint density at radius 2 is 2.10 bits per heavy atom. The van der Waals surface area contributed by atoms with Crippen LogP contribution in [0.3, 0.4) is 0 Å². The van der Waals surface area contributed by atoms with E-state index in [0.717, 1.165) is 35.4 Å². The minimum absolute atomic E-state index is 0.0752. The van der Waals surface area contributed by atoms with Crippen molar-refractivity contribution >= 4 is 21.6 Å². The predicted octanol–water partition coefficient (Wildman–Crippen LogP) is 1.23. The molecule has 0 atom stereocenters. The van der Waals surface area contributed by atoms with Crippen molar-refractivity contribution in [2.24, 2.45) is 0 Å². The van der Waals surface area contributed by atoms with Crippen LogP contribution in [0.25, 0.3) is 10.2 Å². The summed E-state index contributed by atoms with van der Waals surface area (Å²) in [6.07, 6.45) is 1.66. The van der Waals surface area contributed by atoms with Crippen molar-refractivity contribution in [2.45, 2.75) is 20.4 Å². The Bertz CT molecular complexity index is 644. The van der Waals surface area contributed by atoms with E-state index in [-0.39, 0.29) is 5.56 Å². The first-order valence-corrected chi connectivity index (χ1v) is 7.63. The number of thiophene rings is 1. The first-order valence-electron chi connectivity index (χ1n) is 6.81. The SMILES string of the molecule is Cc1sc2ncn(CCNCCN(C)C)c(=O)c2c1C. The Labute approximate surface area is 123 Å². The Morgan fingerprint density at radius 1 is 1.35 bits per heavy atom. The van der Waals surface area contributed by atoms with Gasteiger partial charge in [-0.15, -0.1) is 11.3 Å². The molecule has 0 saturated carbocycles. The highest BCUT2D eigenvalue weighted by Gasteiger charge is 2.11. The largest absolute Gasteiger partial charge is 0.314 e. The van der Waals surface area contributed by atoms with Crippen LogP contribution in [0.5, 0.6) is 0 Å². The number of rotatable bonds is 6. The number of aryl methyl sites for hydroxylation is 2. The highest BCUT2D eigenvalue weighted by atomic mass is 32.1. The predicted molar refractivity (Wildman–Crippen MR) is 84.8 cm³/mol. The molecule has 2 heterocycles. The summed E-state index contributed by atoms with van der Waals surface area (Å²) in [5, 5.41) is 4.11. The van der Waals surface area contributed by atoms with Crippen LogP contribution in [0.1, 0.15) is 10.4 Å². The van der Waals surface area contributed by atoms with Gasteiger partial charge in [-0.2, -0.15) is 0 Å². The number of fused-ring (bicyclic) bond motifs is 1. The lowest BCUT2D eigenvalue weighted by molar-refractivity contribution is 0.397. The summed E-state index contributed by atoms with van der Waals surface area (Å²) >= 11 is 1.59. The van der Waals surface area contributed by atoms with Gasteiger partial charge in [-0.25, -0.2) is 4.98 Å². The molecule has 0 saturated heterocycles. The van der Waals surface area contributed by atoms with Crippen LogP contribution in [0.2, 0.25) is 0 Å². The Morgan fingerprint density at radius 3 is 2.80 bits per heavy atom. The molecule has 0 radical (unpaired) electrons. The summed E-state index contributed by atoms with van der Waals surface area (Å²) in [6, 6.07) is 0. The zero-order valence-corrected chi connectivity index (χ0v) is 13.4. The molecule has 5 nitrogen and oxygen atoms in total. The molecular weight excluding hydrogens is 272 g/mol. The van der Waals surface area contributed by atoms with Gasteiger partial charge in [0.05, 0.1) is 11.7 Å². The van der Waals surface area contributed by atoms with Crippen molar-refractivity contribution in [2.75, 3.05) is 33.7 Å². The molecule has 0 aromatic carbocycles. The molecule has 2 aromatic rings. The quantitative estimate of drug-likeness (QED) is 0.814. The van der Waals surface area contributed by atoms with Crippen molar-refractivity contribution in [1.82, 2.24) is 19.8 Å².